The molecule has 0 atom stereocenters. The number of benzene rings is 2. The van der Waals surface area contributed by atoms with Crippen molar-refractivity contribution in [2.75, 3.05) is 22.4 Å². The molecule has 0 aliphatic heterocycles. The summed E-state index contributed by atoms with van der Waals surface area (Å²) in [7, 11) is -4.11. The summed E-state index contributed by atoms with van der Waals surface area (Å²) in [5, 5.41) is 1.93. The van der Waals surface area contributed by atoms with E-state index in [1.807, 2.05) is 13.8 Å². The quantitative estimate of drug-likeness (QED) is 0.508. The van der Waals surface area contributed by atoms with Crippen molar-refractivity contribution in [3.63, 3.8) is 0 Å². The van der Waals surface area contributed by atoms with E-state index in [4.69, 9.17) is 11.6 Å². The molecule has 7 nitrogen and oxygen atoms in total. The lowest BCUT2D eigenvalue weighted by Gasteiger charge is -2.23. The second-order valence-electron chi connectivity index (χ2n) is 7.49. The third-order valence-electron chi connectivity index (χ3n) is 4.64. The maximum absolute atomic E-state index is 13.2. The summed E-state index contributed by atoms with van der Waals surface area (Å²) in [5.74, 6) is -0.779. The first kappa shape index (κ1) is 25.1. The average Bonchev–Trinajstić information content (AvgIpc) is 3.00. The van der Waals surface area contributed by atoms with Crippen molar-refractivity contribution in [3.05, 3.63) is 56.7 Å². The van der Waals surface area contributed by atoms with Crippen LogP contribution in [0.15, 0.2) is 41.2 Å². The molecule has 1 aromatic heterocycles. The van der Waals surface area contributed by atoms with E-state index in [1.54, 1.807) is 22.8 Å². The first-order valence-corrected chi connectivity index (χ1v) is 12.5. The summed E-state index contributed by atoms with van der Waals surface area (Å²) < 4.78 is 66.8. The molecule has 2 aromatic carbocycles. The van der Waals surface area contributed by atoms with Crippen LogP contribution in [0.4, 0.5) is 24.5 Å². The molecule has 3 aromatic rings. The molecule has 3 rings (SSSR count). The first-order chi connectivity index (χ1) is 15.2. The van der Waals surface area contributed by atoms with E-state index in [1.165, 1.54) is 0 Å². The zero-order valence-corrected chi connectivity index (χ0v) is 20.0. The first-order valence-electron chi connectivity index (χ1n) is 9.48. The maximum Gasteiger partial charge on any atom is 0.417 e. The van der Waals surface area contributed by atoms with Gasteiger partial charge >= 0.3 is 11.0 Å². The lowest BCUT2D eigenvalue weighted by atomic mass is 10.2. The van der Waals surface area contributed by atoms with Gasteiger partial charge in [-0.05, 0) is 50.2 Å². The highest BCUT2D eigenvalue weighted by atomic mass is 35.5. The number of nitrogens with one attached hydrogen (secondary N) is 1. The summed E-state index contributed by atoms with van der Waals surface area (Å²) in [6.45, 7) is 2.97. The molecule has 0 aliphatic carbocycles. The van der Waals surface area contributed by atoms with E-state index in [0.29, 0.717) is 26.3 Å². The molecule has 0 bridgehead atoms. The number of nitrogens with zero attached hydrogens (tertiary/aromatic N) is 2. The molecule has 13 heteroatoms. The Hall–Kier alpha value is -2.57. The summed E-state index contributed by atoms with van der Waals surface area (Å²) in [4.78, 5) is 24.6. The summed E-state index contributed by atoms with van der Waals surface area (Å²) in [5.41, 5.74) is -0.570. The number of fused-ring (bicyclic) bond motifs is 1. The topological polar surface area (TPSA) is 88.5 Å². The molecule has 0 fully saturated rings. The van der Waals surface area contributed by atoms with Crippen molar-refractivity contribution < 1.29 is 26.4 Å². The number of alkyl halides is 3. The molecular weight excluding hydrogens is 503 g/mol. The van der Waals surface area contributed by atoms with E-state index >= 15 is 0 Å². The van der Waals surface area contributed by atoms with Crippen LogP contribution in [0.25, 0.3) is 10.2 Å². The number of hydrogen-bond donors (Lipinski definition) is 1. The van der Waals surface area contributed by atoms with Crippen LogP contribution in [0.3, 0.4) is 0 Å². The molecule has 0 saturated carbocycles. The third-order valence-corrected chi connectivity index (χ3v) is 7.03. The minimum atomic E-state index is -4.80. The van der Waals surface area contributed by atoms with Gasteiger partial charge < -0.3 is 5.32 Å². The number of amides is 1. The minimum absolute atomic E-state index is 0.0593. The highest BCUT2D eigenvalue weighted by Gasteiger charge is 2.34. The minimum Gasteiger partial charge on any atom is -0.324 e. The van der Waals surface area contributed by atoms with Gasteiger partial charge in [-0.25, -0.2) is 8.42 Å². The fourth-order valence-corrected chi connectivity index (χ4v) is 5.35. The molecule has 0 radical (unpaired) electrons. The van der Waals surface area contributed by atoms with Crippen molar-refractivity contribution in [1.29, 1.82) is 0 Å². The predicted octanol–water partition coefficient (Wildman–Crippen LogP) is 4.72. The predicted molar refractivity (Wildman–Crippen MR) is 124 cm³/mol. The molecule has 0 spiro atoms. The van der Waals surface area contributed by atoms with Crippen molar-refractivity contribution in [3.8, 4) is 0 Å². The fraction of sp³-hybridized carbons (Fsp3) is 0.300. The summed E-state index contributed by atoms with van der Waals surface area (Å²) >= 11 is 6.60. The molecule has 0 saturated heterocycles. The molecule has 1 N–H and O–H groups in total. The van der Waals surface area contributed by atoms with Crippen molar-refractivity contribution in [2.45, 2.75) is 26.1 Å². The van der Waals surface area contributed by atoms with Gasteiger partial charge in [-0.3, -0.25) is 18.5 Å². The molecule has 178 valence electrons. The van der Waals surface area contributed by atoms with E-state index in [0.717, 1.165) is 29.7 Å². The molecule has 0 unspecified atom stereocenters. The van der Waals surface area contributed by atoms with Crippen molar-refractivity contribution >= 4 is 60.5 Å². The number of aromatic nitrogens is 1. The molecule has 0 aliphatic rings. The normalized spacial score (nSPS) is 12.4. The number of thiazole rings is 1. The van der Waals surface area contributed by atoms with Crippen molar-refractivity contribution in [1.82, 2.24) is 4.57 Å². The van der Waals surface area contributed by atoms with Gasteiger partial charge in [0, 0.05) is 11.7 Å². The Bertz CT molecular complexity index is 1380. The molecule has 33 heavy (non-hydrogen) atoms. The van der Waals surface area contributed by atoms with Gasteiger partial charge in [-0.2, -0.15) is 13.2 Å². The van der Waals surface area contributed by atoms with Gasteiger partial charge in [0.05, 0.1) is 32.7 Å². The average molecular weight is 522 g/mol. The molecule has 1 amide bonds. The van der Waals surface area contributed by atoms with Crippen molar-refractivity contribution in [2.24, 2.45) is 0 Å². The number of anilines is 2. The maximum atomic E-state index is 13.2. The van der Waals surface area contributed by atoms with Crippen LogP contribution >= 0.6 is 22.9 Å². The number of carbonyl (C=O) groups excluding carboxylic acids is 1. The Morgan fingerprint density at radius 3 is 2.45 bits per heavy atom. The fourth-order valence-electron chi connectivity index (χ4n) is 3.22. The molecule has 1 heterocycles. The van der Waals surface area contributed by atoms with Crippen LogP contribution in [-0.2, 0) is 21.0 Å². The largest absolute Gasteiger partial charge is 0.417 e. The monoisotopic (exact) mass is 521 g/mol. The van der Waals surface area contributed by atoms with E-state index in [2.05, 4.69) is 5.32 Å². The van der Waals surface area contributed by atoms with E-state index < -0.39 is 39.2 Å². The Kier molecular flexibility index (Phi) is 6.83. The van der Waals surface area contributed by atoms with Gasteiger partial charge in [0.25, 0.3) is 0 Å². The number of halogens is 4. The SMILES string of the molecule is CC(C)n1c(=O)sc2cc(NC(=O)CN(c3ccc(Cl)c(C(F)(F)F)c3)S(C)(=O)=O)ccc21. The van der Waals surface area contributed by atoms with Crippen LogP contribution < -0.4 is 14.5 Å². The van der Waals surface area contributed by atoms with Gasteiger partial charge in [0.15, 0.2) is 0 Å². The van der Waals surface area contributed by atoms with Gasteiger partial charge in [0.2, 0.25) is 15.9 Å². The Morgan fingerprint density at radius 1 is 1.21 bits per heavy atom. The Labute approximate surface area is 196 Å². The van der Waals surface area contributed by atoms with Crippen LogP contribution in [-0.4, -0.2) is 31.7 Å². The second kappa shape index (κ2) is 8.99. The number of carbonyl (C=O) groups is 1. The summed E-state index contributed by atoms with van der Waals surface area (Å²) in [6.07, 6.45) is -4.03. The number of hydrogen-bond acceptors (Lipinski definition) is 5. The zero-order chi connectivity index (χ0) is 24.7. The standard InChI is InChI=1S/C20H19ClF3N3O4S2/c1-11(2)27-16-7-4-12(8-17(16)32-19(27)29)25-18(28)10-26(33(3,30)31)13-5-6-15(21)14(9-13)20(22,23)24/h4-9,11H,10H2,1-3H3,(H,25,28). The number of rotatable bonds is 6. The lowest BCUT2D eigenvalue weighted by molar-refractivity contribution is -0.137. The van der Waals surface area contributed by atoms with E-state index in [9.17, 15) is 31.2 Å². The smallest absolute Gasteiger partial charge is 0.324 e. The van der Waals surface area contributed by atoms with Crippen LogP contribution in [0.1, 0.15) is 25.5 Å². The van der Waals surface area contributed by atoms with Gasteiger partial charge in [-0.15, -0.1) is 0 Å². The van der Waals surface area contributed by atoms with E-state index in [-0.39, 0.29) is 16.6 Å². The molecular formula is C20H19ClF3N3O4S2. The highest BCUT2D eigenvalue weighted by molar-refractivity contribution is 7.92. The summed E-state index contributed by atoms with van der Waals surface area (Å²) in [6, 6.07) is 7.32. The van der Waals surface area contributed by atoms with Gasteiger partial charge in [0.1, 0.15) is 6.54 Å². The lowest BCUT2D eigenvalue weighted by Crippen LogP contribution is -2.37. The highest BCUT2D eigenvalue weighted by Crippen LogP contribution is 2.37. The van der Waals surface area contributed by atoms with Crippen LogP contribution in [0.2, 0.25) is 5.02 Å². The van der Waals surface area contributed by atoms with Crippen LogP contribution in [0.5, 0.6) is 0 Å². The van der Waals surface area contributed by atoms with Gasteiger partial charge in [-0.1, -0.05) is 22.9 Å². The Morgan fingerprint density at radius 2 is 1.88 bits per heavy atom. The Balaban J connectivity index is 1.89. The number of sulfonamides is 1. The third kappa shape index (κ3) is 5.50. The van der Waals surface area contributed by atoms with Crippen LogP contribution in [0, 0.1) is 0 Å². The zero-order valence-electron chi connectivity index (χ0n) is 17.6. The second-order valence-corrected chi connectivity index (χ2v) is 10.8.